The lowest BCUT2D eigenvalue weighted by molar-refractivity contribution is -0.151. The van der Waals surface area contributed by atoms with Gasteiger partial charge in [0.2, 0.25) is 0 Å². The molecule has 1 saturated heterocycles. The van der Waals surface area contributed by atoms with Crippen LogP contribution in [0, 0.1) is 0 Å². The molecule has 0 aliphatic carbocycles. The summed E-state index contributed by atoms with van der Waals surface area (Å²) in [6.07, 6.45) is 12.5. The van der Waals surface area contributed by atoms with E-state index in [-0.39, 0.29) is 29.6 Å². The summed E-state index contributed by atoms with van der Waals surface area (Å²) in [5.41, 5.74) is -0.109. The number of ether oxygens (including phenoxy) is 1. The molecule has 1 atom stereocenters. The monoisotopic (exact) mass is 338 g/mol. The molecule has 0 radical (unpaired) electrons. The maximum atomic E-state index is 12.1. The highest BCUT2D eigenvalue weighted by molar-refractivity contribution is 6.19. The van der Waals surface area contributed by atoms with Crippen LogP contribution in [0.5, 0.6) is 0 Å². The first kappa shape index (κ1) is 20.7. The zero-order valence-corrected chi connectivity index (χ0v) is 15.4. The van der Waals surface area contributed by atoms with Gasteiger partial charge in [0, 0.05) is 12.8 Å². The van der Waals surface area contributed by atoms with Crippen LogP contribution in [0.15, 0.2) is 11.3 Å². The number of allylic oxidation sites excluding steroid dienone is 1. The Morgan fingerprint density at radius 3 is 2.08 bits per heavy atom. The molecule has 0 aromatic rings. The van der Waals surface area contributed by atoms with Gasteiger partial charge in [-0.15, -0.1) is 0 Å². The summed E-state index contributed by atoms with van der Waals surface area (Å²) in [5, 5.41) is 10.1. The predicted octanol–water partition coefficient (Wildman–Crippen LogP) is 5.40. The maximum Gasteiger partial charge on any atom is 0.345 e. The minimum atomic E-state index is -0.641. The van der Waals surface area contributed by atoms with E-state index < -0.39 is 5.97 Å². The molecule has 4 nitrogen and oxygen atoms in total. The molecule has 4 heteroatoms. The molecule has 0 amide bonds. The summed E-state index contributed by atoms with van der Waals surface area (Å²) >= 11 is 0. The lowest BCUT2D eigenvalue weighted by Crippen LogP contribution is -2.33. The minimum absolute atomic E-state index is 0.0807. The molecular formula is C20H34O4. The van der Waals surface area contributed by atoms with Gasteiger partial charge in [-0.25, -0.2) is 4.79 Å². The highest BCUT2D eigenvalue weighted by atomic mass is 16.5. The van der Waals surface area contributed by atoms with Crippen LogP contribution >= 0.6 is 0 Å². The quantitative estimate of drug-likeness (QED) is 0.170. The molecule has 1 rings (SSSR count). The number of carbonyl (C=O) groups excluding carboxylic acids is 2. The van der Waals surface area contributed by atoms with Gasteiger partial charge in [0.1, 0.15) is 17.4 Å². The summed E-state index contributed by atoms with van der Waals surface area (Å²) in [4.78, 5) is 24.0. The Kier molecular flexibility index (Phi) is 10.4. The van der Waals surface area contributed by atoms with Crippen LogP contribution in [0.3, 0.4) is 0 Å². The number of ketones is 1. The van der Waals surface area contributed by atoms with Crippen LogP contribution in [0.25, 0.3) is 0 Å². The Hall–Kier alpha value is -1.32. The Morgan fingerprint density at radius 1 is 0.958 bits per heavy atom. The number of hydrogen-bond acceptors (Lipinski definition) is 4. The second kappa shape index (κ2) is 12.1. The van der Waals surface area contributed by atoms with Crippen LogP contribution in [0.1, 0.15) is 97.3 Å². The predicted molar refractivity (Wildman–Crippen MR) is 95.9 cm³/mol. The molecule has 138 valence electrons. The van der Waals surface area contributed by atoms with Crippen LogP contribution in [0.4, 0.5) is 0 Å². The molecule has 0 spiro atoms. The van der Waals surface area contributed by atoms with Crippen molar-refractivity contribution in [2.75, 3.05) is 0 Å². The number of aliphatic hydroxyl groups is 1. The number of cyclic esters (lactones) is 1. The maximum absolute atomic E-state index is 12.1. The van der Waals surface area contributed by atoms with Gasteiger partial charge in [-0.2, -0.15) is 0 Å². The molecular weight excluding hydrogens is 304 g/mol. The van der Waals surface area contributed by atoms with Crippen LogP contribution < -0.4 is 0 Å². The first-order chi connectivity index (χ1) is 11.6. The zero-order valence-electron chi connectivity index (χ0n) is 15.4. The average Bonchev–Trinajstić information content (AvgIpc) is 2.53. The van der Waals surface area contributed by atoms with Gasteiger partial charge < -0.3 is 9.84 Å². The van der Waals surface area contributed by atoms with E-state index >= 15 is 0 Å². The van der Waals surface area contributed by atoms with Crippen molar-refractivity contribution >= 4 is 11.8 Å². The van der Waals surface area contributed by atoms with E-state index in [4.69, 9.17) is 4.74 Å². The molecule has 0 saturated carbocycles. The highest BCUT2D eigenvalue weighted by Crippen LogP contribution is 2.23. The summed E-state index contributed by atoms with van der Waals surface area (Å²) in [5.74, 6) is -0.987. The van der Waals surface area contributed by atoms with Crippen molar-refractivity contribution in [2.24, 2.45) is 0 Å². The zero-order chi connectivity index (χ0) is 17.8. The Bertz CT molecular complexity index is 405. The van der Waals surface area contributed by atoms with Crippen LogP contribution in [-0.4, -0.2) is 23.0 Å². The van der Waals surface area contributed by atoms with Gasteiger partial charge >= 0.3 is 5.97 Å². The fourth-order valence-electron chi connectivity index (χ4n) is 3.16. The van der Waals surface area contributed by atoms with E-state index in [2.05, 4.69) is 6.92 Å². The van der Waals surface area contributed by atoms with Crippen molar-refractivity contribution in [3.63, 3.8) is 0 Å². The summed E-state index contributed by atoms with van der Waals surface area (Å²) < 4.78 is 5.24. The first-order valence-corrected chi connectivity index (χ1v) is 9.76. The van der Waals surface area contributed by atoms with Crippen molar-refractivity contribution in [3.8, 4) is 0 Å². The van der Waals surface area contributed by atoms with Gasteiger partial charge in [-0.3, -0.25) is 4.79 Å². The topological polar surface area (TPSA) is 63.6 Å². The second-order valence-electron chi connectivity index (χ2n) is 6.84. The molecule has 0 bridgehead atoms. The fourth-order valence-corrected chi connectivity index (χ4v) is 3.16. The minimum Gasteiger partial charge on any atom is -0.511 e. The molecule has 1 aliphatic rings. The van der Waals surface area contributed by atoms with Crippen molar-refractivity contribution < 1.29 is 19.4 Å². The van der Waals surface area contributed by atoms with E-state index in [1.165, 1.54) is 38.5 Å². The molecule has 1 heterocycles. The van der Waals surface area contributed by atoms with Gasteiger partial charge in [-0.05, 0) is 12.8 Å². The average molecular weight is 338 g/mol. The molecule has 1 unspecified atom stereocenters. The number of esters is 1. The Balaban J connectivity index is 2.26. The van der Waals surface area contributed by atoms with E-state index in [1.807, 2.05) is 6.92 Å². The molecule has 0 aromatic heterocycles. The van der Waals surface area contributed by atoms with E-state index in [9.17, 15) is 14.7 Å². The first-order valence-electron chi connectivity index (χ1n) is 9.76. The Labute approximate surface area is 146 Å². The number of rotatable bonds is 12. The fraction of sp³-hybridized carbons (Fsp3) is 0.800. The molecule has 1 aliphatic heterocycles. The van der Waals surface area contributed by atoms with Gasteiger partial charge in [0.15, 0.2) is 5.78 Å². The number of aliphatic hydroxyl groups excluding tert-OH is 1. The van der Waals surface area contributed by atoms with Crippen molar-refractivity contribution in [1.82, 2.24) is 0 Å². The SMILES string of the molecule is CCCCCCCCCCC/C(O)=C1\C(=O)CC(CCC)OC1=O. The summed E-state index contributed by atoms with van der Waals surface area (Å²) in [6, 6.07) is 0. The third kappa shape index (κ3) is 7.50. The van der Waals surface area contributed by atoms with E-state index in [0.717, 1.165) is 25.7 Å². The number of Topliss-reactive ketones (excluding diaryl/α,β-unsaturated/α-hetero) is 1. The molecule has 24 heavy (non-hydrogen) atoms. The number of carbonyl (C=O) groups is 2. The highest BCUT2D eigenvalue weighted by Gasteiger charge is 2.34. The molecule has 1 fully saturated rings. The van der Waals surface area contributed by atoms with Crippen LogP contribution in [0.2, 0.25) is 0 Å². The van der Waals surface area contributed by atoms with Gasteiger partial charge in [-0.1, -0.05) is 71.6 Å². The number of hydrogen-bond donors (Lipinski definition) is 1. The van der Waals surface area contributed by atoms with Gasteiger partial charge in [0.25, 0.3) is 0 Å². The molecule has 0 aromatic carbocycles. The van der Waals surface area contributed by atoms with Crippen molar-refractivity contribution in [3.05, 3.63) is 11.3 Å². The third-order valence-electron chi connectivity index (χ3n) is 4.59. The normalized spacial score (nSPS) is 20.2. The van der Waals surface area contributed by atoms with Gasteiger partial charge in [0.05, 0.1) is 0 Å². The smallest absolute Gasteiger partial charge is 0.345 e. The lowest BCUT2D eigenvalue weighted by Gasteiger charge is -2.23. The Morgan fingerprint density at radius 2 is 1.54 bits per heavy atom. The second-order valence-corrected chi connectivity index (χ2v) is 6.84. The summed E-state index contributed by atoms with van der Waals surface area (Å²) in [7, 11) is 0. The molecule has 1 N–H and O–H groups in total. The standard InChI is InChI=1S/C20H34O4/c1-3-5-6-7-8-9-10-11-12-14-17(21)19-18(22)15-16(13-4-2)24-20(19)23/h16,21H,3-15H2,1-2H3/b19-17-. The number of unbranched alkanes of at least 4 members (excludes halogenated alkanes) is 8. The largest absolute Gasteiger partial charge is 0.511 e. The van der Waals surface area contributed by atoms with Crippen LogP contribution in [-0.2, 0) is 14.3 Å². The van der Waals surface area contributed by atoms with Crippen molar-refractivity contribution in [1.29, 1.82) is 0 Å². The third-order valence-corrected chi connectivity index (χ3v) is 4.59. The lowest BCUT2D eigenvalue weighted by atomic mass is 9.96. The van der Waals surface area contributed by atoms with Crippen molar-refractivity contribution in [2.45, 2.75) is 103 Å². The van der Waals surface area contributed by atoms with E-state index in [1.54, 1.807) is 0 Å². The van der Waals surface area contributed by atoms with E-state index in [0.29, 0.717) is 12.8 Å². The summed E-state index contributed by atoms with van der Waals surface area (Å²) in [6.45, 7) is 4.21.